The van der Waals surface area contributed by atoms with E-state index in [4.69, 9.17) is 4.74 Å². The third-order valence-corrected chi connectivity index (χ3v) is 4.09. The van der Waals surface area contributed by atoms with Crippen LogP contribution in [0.3, 0.4) is 0 Å². The zero-order chi connectivity index (χ0) is 16.7. The van der Waals surface area contributed by atoms with Crippen LogP contribution in [0, 0.1) is 0 Å². The Morgan fingerprint density at radius 1 is 1.13 bits per heavy atom. The number of hydrogen-bond acceptors (Lipinski definition) is 2. The van der Waals surface area contributed by atoms with Gasteiger partial charge in [0.2, 0.25) is 0 Å². The molecule has 0 saturated carbocycles. The lowest BCUT2D eigenvalue weighted by atomic mass is 10.1. The Labute approximate surface area is 145 Å². The summed E-state index contributed by atoms with van der Waals surface area (Å²) in [5.74, 6) is 0.830. The van der Waals surface area contributed by atoms with Gasteiger partial charge in [-0.15, -0.1) is 0 Å². The zero-order valence-corrected chi connectivity index (χ0v) is 15.0. The van der Waals surface area contributed by atoms with E-state index < -0.39 is 0 Å². The van der Waals surface area contributed by atoms with Crippen LogP contribution in [0.2, 0.25) is 0 Å². The van der Waals surface area contributed by atoms with Crippen molar-refractivity contribution in [3.63, 3.8) is 0 Å². The molecule has 1 atom stereocenters. The second-order valence-electron chi connectivity index (χ2n) is 5.46. The Balaban J connectivity index is 1.77. The molecule has 0 aliphatic rings. The van der Waals surface area contributed by atoms with Gasteiger partial charge in [0.25, 0.3) is 5.91 Å². The quantitative estimate of drug-likeness (QED) is 0.773. The van der Waals surface area contributed by atoms with Crippen molar-refractivity contribution in [2.75, 3.05) is 27.2 Å². The fourth-order valence-electron chi connectivity index (χ4n) is 2.23. The van der Waals surface area contributed by atoms with Crippen LogP contribution in [-0.4, -0.2) is 33.2 Å². The molecule has 0 fully saturated rings. The van der Waals surface area contributed by atoms with E-state index >= 15 is 0 Å². The number of halogens is 1. The molecular weight excluding hydrogens is 356 g/mol. The monoisotopic (exact) mass is 377 g/mol. The molecule has 1 unspecified atom stereocenters. The van der Waals surface area contributed by atoms with E-state index in [1.807, 2.05) is 48.5 Å². The number of carbonyl (C=O) groups is 1. The summed E-state index contributed by atoms with van der Waals surface area (Å²) >= 11 is 3.41. The van der Waals surface area contributed by atoms with Gasteiger partial charge in [0.1, 0.15) is 25.4 Å². The molecule has 0 aromatic heterocycles. The molecule has 0 saturated heterocycles. The van der Waals surface area contributed by atoms with Gasteiger partial charge in [0.05, 0.1) is 7.05 Å². The van der Waals surface area contributed by atoms with Crippen LogP contribution in [-0.2, 0) is 6.54 Å². The summed E-state index contributed by atoms with van der Waals surface area (Å²) < 4.78 is 6.79. The maximum absolute atomic E-state index is 11.5. The highest BCUT2D eigenvalue weighted by Crippen LogP contribution is 2.15. The maximum atomic E-state index is 11.5. The molecule has 0 aliphatic carbocycles. The number of quaternary nitrogens is 1. The van der Waals surface area contributed by atoms with Crippen molar-refractivity contribution >= 4 is 21.8 Å². The van der Waals surface area contributed by atoms with Crippen molar-refractivity contribution in [2.24, 2.45) is 0 Å². The first-order valence-corrected chi connectivity index (χ1v) is 8.38. The third kappa shape index (κ3) is 5.69. The molecule has 0 bridgehead atoms. The Kier molecular flexibility index (Phi) is 6.62. The number of likely N-dealkylation sites (N-methyl/N-ethyl adjacent to an activating group) is 1. The van der Waals surface area contributed by atoms with E-state index in [2.05, 4.69) is 28.3 Å². The van der Waals surface area contributed by atoms with Gasteiger partial charge in [0, 0.05) is 22.6 Å². The largest absolute Gasteiger partial charge is 0.488 e. The van der Waals surface area contributed by atoms with Crippen LogP contribution in [0.25, 0.3) is 0 Å². The average Bonchev–Trinajstić information content (AvgIpc) is 2.56. The van der Waals surface area contributed by atoms with Crippen molar-refractivity contribution in [1.29, 1.82) is 0 Å². The Morgan fingerprint density at radius 3 is 2.39 bits per heavy atom. The number of rotatable bonds is 7. The third-order valence-electron chi connectivity index (χ3n) is 3.56. The maximum Gasteiger partial charge on any atom is 0.251 e. The first-order chi connectivity index (χ1) is 11.1. The van der Waals surface area contributed by atoms with Crippen LogP contribution in [0.15, 0.2) is 53.0 Å². The summed E-state index contributed by atoms with van der Waals surface area (Å²) in [4.78, 5) is 12.9. The van der Waals surface area contributed by atoms with Crippen LogP contribution in [0.4, 0.5) is 0 Å². The highest BCUT2D eigenvalue weighted by atomic mass is 79.9. The summed E-state index contributed by atoms with van der Waals surface area (Å²) in [5.41, 5.74) is 1.89. The van der Waals surface area contributed by atoms with Gasteiger partial charge >= 0.3 is 0 Å². The summed E-state index contributed by atoms with van der Waals surface area (Å²) in [7, 11) is 3.78. The number of nitrogens with one attached hydrogen (secondary N) is 2. The van der Waals surface area contributed by atoms with E-state index in [0.29, 0.717) is 12.2 Å². The van der Waals surface area contributed by atoms with Gasteiger partial charge in [-0.2, -0.15) is 0 Å². The van der Waals surface area contributed by atoms with E-state index in [-0.39, 0.29) is 5.91 Å². The topological polar surface area (TPSA) is 42.8 Å². The van der Waals surface area contributed by atoms with Gasteiger partial charge in [-0.05, 0) is 36.4 Å². The van der Waals surface area contributed by atoms with Crippen molar-refractivity contribution in [3.05, 3.63) is 64.1 Å². The highest BCUT2D eigenvalue weighted by Gasteiger charge is 2.06. The van der Waals surface area contributed by atoms with Gasteiger partial charge in [0.15, 0.2) is 0 Å². The first kappa shape index (κ1) is 17.5. The van der Waals surface area contributed by atoms with Gasteiger partial charge in [-0.3, -0.25) is 4.79 Å². The Hall–Kier alpha value is -1.85. The number of amides is 1. The Bertz CT molecular complexity index is 626. The van der Waals surface area contributed by atoms with E-state index in [0.717, 1.165) is 23.3 Å². The van der Waals surface area contributed by atoms with Gasteiger partial charge in [-0.25, -0.2) is 0 Å². The molecule has 5 heteroatoms. The van der Waals surface area contributed by atoms with Crippen LogP contribution in [0.1, 0.15) is 15.9 Å². The summed E-state index contributed by atoms with van der Waals surface area (Å²) in [6.07, 6.45) is 0. The second-order valence-corrected chi connectivity index (χ2v) is 6.38. The minimum Gasteiger partial charge on any atom is -0.488 e. The van der Waals surface area contributed by atoms with Crippen molar-refractivity contribution < 1.29 is 14.4 Å². The molecule has 4 nitrogen and oxygen atoms in total. The normalized spacial score (nSPS) is 11.8. The average molecular weight is 378 g/mol. The lowest BCUT2D eigenvalue weighted by Crippen LogP contribution is -3.08. The van der Waals surface area contributed by atoms with E-state index in [1.54, 1.807) is 7.05 Å². The molecule has 0 radical (unpaired) electrons. The molecular formula is C18H22BrN2O2+. The number of benzene rings is 2. The molecule has 0 heterocycles. The zero-order valence-electron chi connectivity index (χ0n) is 13.4. The lowest BCUT2D eigenvalue weighted by molar-refractivity contribution is -0.893. The molecule has 2 N–H and O–H groups in total. The lowest BCUT2D eigenvalue weighted by Gasteiger charge is -2.15. The number of hydrogen-bond donors (Lipinski definition) is 2. The molecule has 1 amide bonds. The van der Waals surface area contributed by atoms with Crippen LogP contribution < -0.4 is 15.0 Å². The molecule has 2 rings (SSSR count). The summed E-state index contributed by atoms with van der Waals surface area (Å²) in [6, 6.07) is 15.6. The molecule has 2 aromatic rings. The van der Waals surface area contributed by atoms with Crippen molar-refractivity contribution in [2.45, 2.75) is 6.54 Å². The molecule has 122 valence electrons. The van der Waals surface area contributed by atoms with Crippen molar-refractivity contribution in [1.82, 2.24) is 5.32 Å². The predicted molar refractivity (Wildman–Crippen MR) is 94.9 cm³/mol. The smallest absolute Gasteiger partial charge is 0.251 e. The first-order valence-electron chi connectivity index (χ1n) is 7.59. The molecule has 23 heavy (non-hydrogen) atoms. The fourth-order valence-corrected chi connectivity index (χ4v) is 2.49. The molecule has 0 aliphatic heterocycles. The number of ether oxygens (including phenoxy) is 1. The fraction of sp³-hybridized carbons (Fsp3) is 0.278. The minimum absolute atomic E-state index is 0.0554. The molecule has 2 aromatic carbocycles. The second kappa shape index (κ2) is 8.70. The number of carbonyl (C=O) groups excluding carboxylic acids is 1. The van der Waals surface area contributed by atoms with E-state index in [9.17, 15) is 4.79 Å². The SMILES string of the molecule is CNC(=O)c1ccc(C[NH+](C)CCOc2ccc(Br)cc2)cc1. The summed E-state index contributed by atoms with van der Waals surface area (Å²) in [6.45, 7) is 2.48. The van der Waals surface area contributed by atoms with Gasteiger partial charge < -0.3 is 15.0 Å². The van der Waals surface area contributed by atoms with Crippen LogP contribution >= 0.6 is 15.9 Å². The highest BCUT2D eigenvalue weighted by molar-refractivity contribution is 9.10. The standard InChI is InChI=1S/C18H21BrN2O2/c1-20-18(22)15-5-3-14(4-6-15)13-21(2)11-12-23-17-9-7-16(19)8-10-17/h3-10H,11-13H2,1-2H3,(H,20,22)/p+1. The van der Waals surface area contributed by atoms with Crippen molar-refractivity contribution in [3.8, 4) is 5.75 Å². The van der Waals surface area contributed by atoms with Crippen LogP contribution in [0.5, 0.6) is 5.75 Å². The molecule has 0 spiro atoms. The summed E-state index contributed by atoms with van der Waals surface area (Å²) in [5, 5.41) is 2.62. The van der Waals surface area contributed by atoms with Gasteiger partial charge in [-0.1, -0.05) is 28.1 Å². The van der Waals surface area contributed by atoms with E-state index in [1.165, 1.54) is 10.5 Å². The minimum atomic E-state index is -0.0554. The Morgan fingerprint density at radius 2 is 1.78 bits per heavy atom. The predicted octanol–water partition coefficient (Wildman–Crippen LogP) is 1.90.